The van der Waals surface area contributed by atoms with Crippen molar-refractivity contribution < 1.29 is 24.5 Å². The molecular weight excluding hydrogens is 380 g/mol. The molecule has 11 heteroatoms. The molecule has 152 valence electrons. The molecule has 0 unspecified atom stereocenters. The van der Waals surface area contributed by atoms with Gasteiger partial charge < -0.3 is 35.4 Å². The number of ether oxygens (including phenoxy) is 1. The number of aldehydes is 1. The predicted octanol–water partition coefficient (Wildman–Crippen LogP) is -0.376. The van der Waals surface area contributed by atoms with Crippen molar-refractivity contribution in [1.29, 1.82) is 0 Å². The van der Waals surface area contributed by atoms with Gasteiger partial charge >= 0.3 is 6.09 Å². The number of benzene rings is 1. The number of amides is 1. The fraction of sp³-hybridized carbons (Fsp3) is 0.278. The highest BCUT2D eigenvalue weighted by molar-refractivity contribution is 5.81. The lowest BCUT2D eigenvalue weighted by Gasteiger charge is -2.25. The van der Waals surface area contributed by atoms with Gasteiger partial charge in [-0.15, -0.1) is 0 Å². The van der Waals surface area contributed by atoms with E-state index in [0.29, 0.717) is 11.2 Å². The highest BCUT2D eigenvalue weighted by Gasteiger charge is 2.30. The molecule has 5 N–H and O–H groups in total. The number of hydrogen-bond donors (Lipinski definition) is 4. The summed E-state index contributed by atoms with van der Waals surface area (Å²) < 4.78 is 6.55. The Hall–Kier alpha value is -3.57. The Morgan fingerprint density at radius 2 is 2.00 bits per heavy atom. The number of nitrogens with one attached hydrogen (secondary N) is 1. The number of nitrogens with two attached hydrogens (primary N) is 1. The van der Waals surface area contributed by atoms with E-state index in [0.717, 1.165) is 5.56 Å². The molecule has 3 atom stereocenters. The van der Waals surface area contributed by atoms with Crippen LogP contribution in [0.2, 0.25) is 0 Å². The maximum Gasteiger partial charge on any atom is 0.407 e. The number of carbonyl (C=O) groups is 2. The lowest BCUT2D eigenvalue weighted by Crippen LogP contribution is -2.52. The van der Waals surface area contributed by atoms with Crippen LogP contribution in [-0.4, -0.2) is 60.4 Å². The second-order valence-electron chi connectivity index (χ2n) is 6.25. The number of fused-ring (bicyclic) bond motifs is 1. The van der Waals surface area contributed by atoms with E-state index >= 15 is 0 Å². The molecule has 0 saturated heterocycles. The van der Waals surface area contributed by atoms with Crippen LogP contribution in [0.1, 0.15) is 5.56 Å². The molecule has 3 aromatic rings. The fourth-order valence-electron chi connectivity index (χ4n) is 2.74. The lowest BCUT2D eigenvalue weighted by molar-refractivity contribution is -0.118. The number of aliphatic hydroxyl groups is 2. The molecule has 0 saturated carbocycles. The first-order valence-corrected chi connectivity index (χ1v) is 8.69. The molecule has 0 aliphatic rings. The van der Waals surface area contributed by atoms with Crippen molar-refractivity contribution in [2.24, 2.45) is 0 Å². The number of nitrogen functional groups attached to an aromatic ring is 1. The highest BCUT2D eigenvalue weighted by Crippen LogP contribution is 2.15. The normalized spacial score (nSPS) is 14.1. The SMILES string of the molecule is Nc1ncnc2c1ncn2C[C@@H](O)[C@@H](NC(=O)OCc1ccccc1)[C@@H](O)C=O. The molecule has 11 nitrogen and oxygen atoms in total. The highest BCUT2D eigenvalue weighted by atomic mass is 16.5. The van der Waals surface area contributed by atoms with Crippen molar-refractivity contribution in [2.75, 3.05) is 5.73 Å². The van der Waals surface area contributed by atoms with E-state index in [1.54, 1.807) is 24.3 Å². The molecule has 1 amide bonds. The minimum atomic E-state index is -1.65. The van der Waals surface area contributed by atoms with E-state index in [1.165, 1.54) is 17.2 Å². The van der Waals surface area contributed by atoms with Crippen molar-refractivity contribution in [3.63, 3.8) is 0 Å². The number of nitrogens with zero attached hydrogens (tertiary/aromatic N) is 4. The van der Waals surface area contributed by atoms with Crippen molar-refractivity contribution in [2.45, 2.75) is 31.4 Å². The maximum absolute atomic E-state index is 12.1. The smallest absolute Gasteiger partial charge is 0.407 e. The third kappa shape index (κ3) is 4.83. The van der Waals surface area contributed by atoms with Gasteiger partial charge in [0.15, 0.2) is 17.8 Å². The molecule has 0 aliphatic carbocycles. The van der Waals surface area contributed by atoms with Crippen LogP contribution in [0.3, 0.4) is 0 Å². The Bertz CT molecular complexity index is 979. The molecule has 1 aromatic carbocycles. The van der Waals surface area contributed by atoms with Crippen LogP contribution >= 0.6 is 0 Å². The standard InChI is InChI=1S/C18H20N6O5/c19-16-15-17(21-9-20-16)24(10-22-15)6-12(26)14(13(27)7-25)23-18(28)29-8-11-4-2-1-3-5-11/h1-5,7,9-10,12-14,26-27H,6,8H2,(H,23,28)(H2,19,20,21)/t12-,13+,14-/m1/s1. The van der Waals surface area contributed by atoms with Gasteiger partial charge in [-0.25, -0.2) is 19.7 Å². The molecule has 3 rings (SSSR count). The Kier molecular flexibility index (Phi) is 6.32. The number of alkyl carbamates (subject to hydrolysis) is 1. The largest absolute Gasteiger partial charge is 0.445 e. The second-order valence-corrected chi connectivity index (χ2v) is 6.25. The number of aliphatic hydroxyl groups excluding tert-OH is 2. The van der Waals surface area contributed by atoms with E-state index in [2.05, 4.69) is 20.3 Å². The van der Waals surface area contributed by atoms with Crippen molar-refractivity contribution in [3.05, 3.63) is 48.5 Å². The van der Waals surface area contributed by atoms with Crippen LogP contribution in [0.25, 0.3) is 11.2 Å². The number of imidazole rings is 1. The predicted molar refractivity (Wildman–Crippen MR) is 101 cm³/mol. The van der Waals surface area contributed by atoms with Crippen LogP contribution < -0.4 is 11.1 Å². The number of aromatic nitrogens is 4. The van der Waals surface area contributed by atoms with E-state index in [9.17, 15) is 19.8 Å². The van der Waals surface area contributed by atoms with E-state index in [-0.39, 0.29) is 25.3 Å². The van der Waals surface area contributed by atoms with Gasteiger partial charge in [0.1, 0.15) is 24.6 Å². The third-order valence-electron chi connectivity index (χ3n) is 4.23. The van der Waals surface area contributed by atoms with Crippen LogP contribution in [0.15, 0.2) is 43.0 Å². The van der Waals surface area contributed by atoms with E-state index in [4.69, 9.17) is 10.5 Å². The number of anilines is 1. The quantitative estimate of drug-likeness (QED) is 0.369. The molecule has 0 aliphatic heterocycles. The summed E-state index contributed by atoms with van der Waals surface area (Å²) in [5.74, 6) is 0.176. The Labute approximate surface area is 165 Å². The number of carbonyl (C=O) groups excluding carboxylic acids is 2. The molecular formula is C18H20N6O5. The summed E-state index contributed by atoms with van der Waals surface area (Å²) in [6.07, 6.45) is -1.04. The summed E-state index contributed by atoms with van der Waals surface area (Å²) in [6.45, 7) is -0.128. The van der Waals surface area contributed by atoms with Gasteiger partial charge in [-0.3, -0.25) is 0 Å². The second kappa shape index (κ2) is 9.08. The number of rotatable bonds is 8. The summed E-state index contributed by atoms with van der Waals surface area (Å²) in [5.41, 5.74) is 7.20. The van der Waals surface area contributed by atoms with Gasteiger partial charge in [0.25, 0.3) is 0 Å². The van der Waals surface area contributed by atoms with Crippen LogP contribution in [0.5, 0.6) is 0 Å². The lowest BCUT2D eigenvalue weighted by atomic mass is 10.1. The Morgan fingerprint density at radius 3 is 2.72 bits per heavy atom. The van der Waals surface area contributed by atoms with Gasteiger partial charge in [0, 0.05) is 0 Å². The summed E-state index contributed by atoms with van der Waals surface area (Å²) in [4.78, 5) is 35.1. The topological polar surface area (TPSA) is 165 Å². The summed E-state index contributed by atoms with van der Waals surface area (Å²) >= 11 is 0. The molecule has 29 heavy (non-hydrogen) atoms. The monoisotopic (exact) mass is 400 g/mol. The maximum atomic E-state index is 12.1. The van der Waals surface area contributed by atoms with Crippen LogP contribution in [0, 0.1) is 0 Å². The Balaban J connectivity index is 1.67. The minimum Gasteiger partial charge on any atom is -0.445 e. The van der Waals surface area contributed by atoms with E-state index < -0.39 is 24.3 Å². The van der Waals surface area contributed by atoms with Gasteiger partial charge in [-0.05, 0) is 5.56 Å². The van der Waals surface area contributed by atoms with Gasteiger partial charge in [-0.2, -0.15) is 0 Å². The first-order valence-electron chi connectivity index (χ1n) is 8.69. The van der Waals surface area contributed by atoms with Crippen molar-refractivity contribution in [3.8, 4) is 0 Å². The summed E-state index contributed by atoms with van der Waals surface area (Å²) in [7, 11) is 0. The average molecular weight is 400 g/mol. The zero-order valence-electron chi connectivity index (χ0n) is 15.3. The van der Waals surface area contributed by atoms with Crippen LogP contribution in [0.4, 0.5) is 10.6 Å². The first-order chi connectivity index (χ1) is 14.0. The number of hydrogen-bond acceptors (Lipinski definition) is 9. The van der Waals surface area contributed by atoms with Crippen LogP contribution in [-0.2, 0) is 22.7 Å². The molecule has 0 bridgehead atoms. The van der Waals surface area contributed by atoms with E-state index in [1.807, 2.05) is 6.07 Å². The zero-order valence-corrected chi connectivity index (χ0v) is 15.3. The summed E-state index contributed by atoms with van der Waals surface area (Å²) in [5, 5.41) is 22.8. The van der Waals surface area contributed by atoms with Gasteiger partial charge in [0.2, 0.25) is 0 Å². The zero-order chi connectivity index (χ0) is 20.8. The minimum absolute atomic E-state index is 0.00493. The molecule has 0 radical (unpaired) electrons. The third-order valence-corrected chi connectivity index (χ3v) is 4.23. The summed E-state index contributed by atoms with van der Waals surface area (Å²) in [6, 6.07) is 7.66. The first kappa shape index (κ1) is 20.2. The Morgan fingerprint density at radius 1 is 1.24 bits per heavy atom. The average Bonchev–Trinajstić information content (AvgIpc) is 3.14. The fourth-order valence-corrected chi connectivity index (χ4v) is 2.74. The molecule has 0 fully saturated rings. The van der Waals surface area contributed by atoms with Gasteiger partial charge in [-0.1, -0.05) is 30.3 Å². The van der Waals surface area contributed by atoms with Crippen molar-refractivity contribution >= 4 is 29.4 Å². The molecule has 2 aromatic heterocycles. The van der Waals surface area contributed by atoms with Gasteiger partial charge in [0.05, 0.1) is 25.0 Å². The van der Waals surface area contributed by atoms with Crippen molar-refractivity contribution in [1.82, 2.24) is 24.8 Å². The molecule has 2 heterocycles. The molecule has 0 spiro atoms.